The molecule has 1 N–H and O–H groups in total. The summed E-state index contributed by atoms with van der Waals surface area (Å²) in [5.41, 5.74) is 1.91. The molecule has 1 aromatic rings. The van der Waals surface area contributed by atoms with Crippen LogP contribution < -0.4 is 4.90 Å². The van der Waals surface area contributed by atoms with Gasteiger partial charge in [-0.3, -0.25) is 4.98 Å². The van der Waals surface area contributed by atoms with Gasteiger partial charge in [-0.25, -0.2) is 0 Å². The molecule has 2 atom stereocenters. The molecule has 1 aliphatic heterocycles. The molecule has 2 unspecified atom stereocenters. The molecule has 0 bridgehead atoms. The summed E-state index contributed by atoms with van der Waals surface area (Å²) in [4.78, 5) is 9.24. The zero-order valence-electron chi connectivity index (χ0n) is 12.2. The predicted molar refractivity (Wildman–Crippen MR) is 78.4 cm³/mol. The van der Waals surface area contributed by atoms with E-state index < -0.39 is 6.10 Å². The summed E-state index contributed by atoms with van der Waals surface area (Å²) in [6.45, 7) is 7.34. The number of aliphatic hydroxyl groups excluding tert-OH is 1. The van der Waals surface area contributed by atoms with E-state index in [-0.39, 0.29) is 0 Å². The van der Waals surface area contributed by atoms with Crippen molar-refractivity contribution in [2.75, 3.05) is 31.6 Å². The highest BCUT2D eigenvalue weighted by Crippen LogP contribution is 2.22. The summed E-state index contributed by atoms with van der Waals surface area (Å²) < 4.78 is 0. The van der Waals surface area contributed by atoms with Crippen molar-refractivity contribution in [3.8, 4) is 0 Å². The molecule has 106 valence electrons. The summed E-state index contributed by atoms with van der Waals surface area (Å²) >= 11 is 0. The number of aromatic nitrogens is 1. The molecule has 1 saturated heterocycles. The lowest BCUT2D eigenvalue weighted by Gasteiger charge is -2.32. The first kappa shape index (κ1) is 14.3. The van der Waals surface area contributed by atoms with Crippen LogP contribution in [-0.2, 0) is 0 Å². The van der Waals surface area contributed by atoms with Crippen LogP contribution in [0, 0.1) is 0 Å². The maximum absolute atomic E-state index is 9.52. The summed E-state index contributed by atoms with van der Waals surface area (Å²) in [6.07, 6.45) is 3.73. The molecule has 0 aromatic carbocycles. The monoisotopic (exact) mass is 263 g/mol. The van der Waals surface area contributed by atoms with Crippen LogP contribution >= 0.6 is 0 Å². The molecule has 1 fully saturated rings. The number of hydrogen-bond donors (Lipinski definition) is 1. The van der Waals surface area contributed by atoms with E-state index in [9.17, 15) is 5.11 Å². The third kappa shape index (κ3) is 3.45. The fourth-order valence-corrected chi connectivity index (χ4v) is 2.75. The molecule has 2 rings (SSSR count). The van der Waals surface area contributed by atoms with Gasteiger partial charge in [-0.05, 0) is 45.5 Å². The molecule has 0 spiro atoms. The first-order valence-electron chi connectivity index (χ1n) is 7.21. The van der Waals surface area contributed by atoms with Crippen molar-refractivity contribution < 1.29 is 5.11 Å². The third-order valence-electron chi connectivity index (χ3n) is 3.90. The second-order valence-electron chi connectivity index (χ2n) is 5.49. The minimum absolute atomic E-state index is 0.494. The Labute approximate surface area is 116 Å². The standard InChI is InChI=1S/C15H25N3O/c1-4-13-11-17(3)8-5-9-18(13)14-6-7-15(12(2)19)16-10-14/h6-7,10,12-13,19H,4-5,8-9,11H2,1-3H3. The molecule has 1 aromatic heterocycles. The van der Waals surface area contributed by atoms with Gasteiger partial charge in [-0.15, -0.1) is 0 Å². The SMILES string of the molecule is CCC1CN(C)CCCN1c1ccc(C(C)O)nc1. The van der Waals surface area contributed by atoms with E-state index >= 15 is 0 Å². The van der Waals surface area contributed by atoms with Crippen LogP contribution in [0.3, 0.4) is 0 Å². The number of hydrogen-bond acceptors (Lipinski definition) is 4. The topological polar surface area (TPSA) is 39.6 Å². The van der Waals surface area contributed by atoms with Gasteiger partial charge in [-0.2, -0.15) is 0 Å². The van der Waals surface area contributed by atoms with Crippen molar-refractivity contribution in [2.24, 2.45) is 0 Å². The molecular weight excluding hydrogens is 238 g/mol. The molecule has 1 aliphatic rings. The summed E-state index contributed by atoms with van der Waals surface area (Å²) in [5.74, 6) is 0. The first-order valence-corrected chi connectivity index (χ1v) is 7.21. The molecule has 0 saturated carbocycles. The van der Waals surface area contributed by atoms with E-state index in [1.54, 1.807) is 6.92 Å². The second-order valence-corrected chi connectivity index (χ2v) is 5.49. The highest BCUT2D eigenvalue weighted by Gasteiger charge is 2.22. The molecule has 4 nitrogen and oxygen atoms in total. The van der Waals surface area contributed by atoms with Crippen LogP contribution in [0.2, 0.25) is 0 Å². The summed E-state index contributed by atoms with van der Waals surface area (Å²) in [6, 6.07) is 4.57. The third-order valence-corrected chi connectivity index (χ3v) is 3.90. The maximum atomic E-state index is 9.52. The molecule has 2 heterocycles. The number of aliphatic hydroxyl groups is 1. The van der Waals surface area contributed by atoms with Crippen molar-refractivity contribution in [2.45, 2.75) is 38.8 Å². The lowest BCUT2D eigenvalue weighted by atomic mass is 10.1. The van der Waals surface area contributed by atoms with Gasteiger partial charge in [-0.1, -0.05) is 6.92 Å². The minimum Gasteiger partial charge on any atom is -0.387 e. The van der Waals surface area contributed by atoms with E-state index in [0.29, 0.717) is 6.04 Å². The number of anilines is 1. The van der Waals surface area contributed by atoms with E-state index in [2.05, 4.69) is 34.8 Å². The number of pyridine rings is 1. The van der Waals surface area contributed by atoms with Crippen LogP contribution in [0.5, 0.6) is 0 Å². The Morgan fingerprint density at radius 3 is 2.79 bits per heavy atom. The van der Waals surface area contributed by atoms with Crippen molar-refractivity contribution in [1.29, 1.82) is 0 Å². The number of rotatable bonds is 3. The first-order chi connectivity index (χ1) is 9.11. The Bertz CT molecular complexity index is 391. The fraction of sp³-hybridized carbons (Fsp3) is 0.667. The average molecular weight is 263 g/mol. The Balaban J connectivity index is 2.17. The van der Waals surface area contributed by atoms with Gasteiger partial charge < -0.3 is 14.9 Å². The molecule has 19 heavy (non-hydrogen) atoms. The van der Waals surface area contributed by atoms with Crippen LogP contribution in [0.1, 0.15) is 38.5 Å². The Morgan fingerprint density at radius 1 is 1.42 bits per heavy atom. The Morgan fingerprint density at radius 2 is 2.21 bits per heavy atom. The summed E-state index contributed by atoms with van der Waals surface area (Å²) in [7, 11) is 2.20. The van der Waals surface area contributed by atoms with E-state index in [1.165, 1.54) is 12.1 Å². The maximum Gasteiger partial charge on any atom is 0.0931 e. The highest BCUT2D eigenvalue weighted by molar-refractivity contribution is 5.46. The smallest absolute Gasteiger partial charge is 0.0931 e. The van der Waals surface area contributed by atoms with Crippen LogP contribution in [0.4, 0.5) is 5.69 Å². The zero-order chi connectivity index (χ0) is 13.8. The van der Waals surface area contributed by atoms with E-state index in [1.807, 2.05) is 12.3 Å². The van der Waals surface area contributed by atoms with Crippen LogP contribution in [0.25, 0.3) is 0 Å². The predicted octanol–water partition coefficient (Wildman–Crippen LogP) is 2.06. The van der Waals surface area contributed by atoms with Crippen molar-refractivity contribution >= 4 is 5.69 Å². The van der Waals surface area contributed by atoms with Crippen molar-refractivity contribution in [1.82, 2.24) is 9.88 Å². The molecule has 0 amide bonds. The fourth-order valence-electron chi connectivity index (χ4n) is 2.75. The lowest BCUT2D eigenvalue weighted by Crippen LogP contribution is -2.39. The van der Waals surface area contributed by atoms with Gasteiger partial charge in [0.15, 0.2) is 0 Å². The zero-order valence-corrected chi connectivity index (χ0v) is 12.2. The quantitative estimate of drug-likeness (QED) is 0.906. The van der Waals surface area contributed by atoms with Crippen LogP contribution in [0.15, 0.2) is 18.3 Å². The Kier molecular flexibility index (Phi) is 4.77. The van der Waals surface area contributed by atoms with Gasteiger partial charge in [0.1, 0.15) is 0 Å². The Hall–Kier alpha value is -1.13. The number of nitrogens with zero attached hydrogens (tertiary/aromatic N) is 3. The largest absolute Gasteiger partial charge is 0.387 e. The van der Waals surface area contributed by atoms with Crippen LogP contribution in [-0.4, -0.2) is 47.7 Å². The molecule has 0 radical (unpaired) electrons. The second kappa shape index (κ2) is 6.35. The molecule has 0 aliphatic carbocycles. The van der Waals surface area contributed by atoms with Gasteiger partial charge in [0.05, 0.1) is 23.7 Å². The minimum atomic E-state index is -0.494. The molecular formula is C15H25N3O. The average Bonchev–Trinajstić information content (AvgIpc) is 2.60. The van der Waals surface area contributed by atoms with Gasteiger partial charge >= 0.3 is 0 Å². The van der Waals surface area contributed by atoms with E-state index in [4.69, 9.17) is 0 Å². The lowest BCUT2D eigenvalue weighted by molar-refractivity contribution is 0.194. The molecule has 4 heteroatoms. The normalized spacial score (nSPS) is 23.2. The number of likely N-dealkylation sites (N-methyl/N-ethyl adjacent to an activating group) is 1. The van der Waals surface area contributed by atoms with Gasteiger partial charge in [0, 0.05) is 19.1 Å². The highest BCUT2D eigenvalue weighted by atomic mass is 16.3. The van der Waals surface area contributed by atoms with Gasteiger partial charge in [0.25, 0.3) is 0 Å². The van der Waals surface area contributed by atoms with Crippen molar-refractivity contribution in [3.63, 3.8) is 0 Å². The van der Waals surface area contributed by atoms with Crippen molar-refractivity contribution in [3.05, 3.63) is 24.0 Å². The summed E-state index contributed by atoms with van der Waals surface area (Å²) in [5, 5.41) is 9.52. The van der Waals surface area contributed by atoms with E-state index in [0.717, 1.165) is 31.7 Å². The van der Waals surface area contributed by atoms with Gasteiger partial charge in [0.2, 0.25) is 0 Å².